The SMILES string of the molecule is CC(Nc1ccc2nnc(C(F)(F)F)n2n1)c1ccccc1-n1cccn1. The molecule has 0 aliphatic heterocycles. The number of nitrogens with zero attached hydrogens (tertiary/aromatic N) is 6. The summed E-state index contributed by atoms with van der Waals surface area (Å²) in [7, 11) is 0. The summed E-state index contributed by atoms with van der Waals surface area (Å²) >= 11 is 0. The Morgan fingerprint density at radius 2 is 1.85 bits per heavy atom. The summed E-state index contributed by atoms with van der Waals surface area (Å²) in [5, 5.41) is 18.0. The van der Waals surface area contributed by atoms with Crippen LogP contribution in [0.4, 0.5) is 19.0 Å². The summed E-state index contributed by atoms with van der Waals surface area (Å²) in [4.78, 5) is 0. The normalized spacial score (nSPS) is 13.0. The average molecular weight is 373 g/mol. The summed E-state index contributed by atoms with van der Waals surface area (Å²) in [5.74, 6) is -0.888. The van der Waals surface area contributed by atoms with E-state index in [0.29, 0.717) is 4.52 Å². The Bertz CT molecular complexity index is 1070. The maximum atomic E-state index is 13.0. The molecule has 0 saturated carbocycles. The summed E-state index contributed by atoms with van der Waals surface area (Å²) in [6, 6.07) is 12.2. The zero-order valence-corrected chi connectivity index (χ0v) is 14.1. The molecular weight excluding hydrogens is 359 g/mol. The van der Waals surface area contributed by atoms with Gasteiger partial charge >= 0.3 is 6.18 Å². The minimum atomic E-state index is -4.64. The van der Waals surface area contributed by atoms with Gasteiger partial charge in [-0.05, 0) is 36.8 Å². The Morgan fingerprint density at radius 1 is 1.04 bits per heavy atom. The Morgan fingerprint density at radius 3 is 2.59 bits per heavy atom. The first-order chi connectivity index (χ1) is 12.9. The lowest BCUT2D eigenvalue weighted by molar-refractivity contribution is -0.146. The molecule has 4 rings (SSSR count). The summed E-state index contributed by atoms with van der Waals surface area (Å²) in [6.07, 6.45) is -1.14. The van der Waals surface area contributed by atoms with Gasteiger partial charge in [0.05, 0.1) is 11.7 Å². The van der Waals surface area contributed by atoms with Crippen molar-refractivity contribution in [2.24, 2.45) is 0 Å². The van der Waals surface area contributed by atoms with Gasteiger partial charge in [0.15, 0.2) is 5.65 Å². The molecule has 0 radical (unpaired) electrons. The number of hydrogen-bond donors (Lipinski definition) is 1. The van der Waals surface area contributed by atoms with Crippen LogP contribution >= 0.6 is 0 Å². The van der Waals surface area contributed by atoms with Crippen LogP contribution in [0.15, 0.2) is 54.9 Å². The molecule has 7 nitrogen and oxygen atoms in total. The van der Waals surface area contributed by atoms with Crippen molar-refractivity contribution in [1.82, 2.24) is 29.6 Å². The molecule has 3 heterocycles. The van der Waals surface area contributed by atoms with Crippen LogP contribution in [-0.4, -0.2) is 29.6 Å². The highest BCUT2D eigenvalue weighted by Gasteiger charge is 2.37. The largest absolute Gasteiger partial charge is 0.453 e. The first kappa shape index (κ1) is 17.0. The molecule has 0 saturated heterocycles. The van der Waals surface area contributed by atoms with Gasteiger partial charge < -0.3 is 5.32 Å². The predicted octanol–water partition coefficient (Wildman–Crippen LogP) is 3.50. The van der Waals surface area contributed by atoms with Crippen LogP contribution < -0.4 is 5.32 Å². The molecule has 3 aromatic heterocycles. The summed E-state index contributed by atoms with van der Waals surface area (Å²) in [5.41, 5.74) is 1.81. The molecular formula is C17H14F3N7. The van der Waals surface area contributed by atoms with E-state index in [4.69, 9.17) is 0 Å². The fourth-order valence-electron chi connectivity index (χ4n) is 2.82. The molecule has 10 heteroatoms. The van der Waals surface area contributed by atoms with Gasteiger partial charge in [0.25, 0.3) is 5.82 Å². The molecule has 0 fully saturated rings. The highest BCUT2D eigenvalue weighted by molar-refractivity contribution is 5.49. The van der Waals surface area contributed by atoms with Gasteiger partial charge in [-0.1, -0.05) is 18.2 Å². The number of rotatable bonds is 4. The minimum Gasteiger partial charge on any atom is -0.362 e. The molecule has 138 valence electrons. The van der Waals surface area contributed by atoms with Crippen molar-refractivity contribution in [2.75, 3.05) is 5.32 Å². The molecule has 0 aliphatic carbocycles. The van der Waals surface area contributed by atoms with Crippen molar-refractivity contribution in [3.05, 3.63) is 66.2 Å². The van der Waals surface area contributed by atoms with Gasteiger partial charge in [-0.3, -0.25) is 0 Å². The van der Waals surface area contributed by atoms with Crippen molar-refractivity contribution < 1.29 is 13.2 Å². The first-order valence-electron chi connectivity index (χ1n) is 8.08. The van der Waals surface area contributed by atoms with E-state index in [0.717, 1.165) is 11.3 Å². The zero-order valence-electron chi connectivity index (χ0n) is 14.1. The fourth-order valence-corrected chi connectivity index (χ4v) is 2.82. The third-order valence-electron chi connectivity index (χ3n) is 4.04. The Labute approximate surface area is 151 Å². The van der Waals surface area contributed by atoms with Gasteiger partial charge in [-0.25, -0.2) is 4.68 Å². The second-order valence-corrected chi connectivity index (χ2v) is 5.89. The Hall–Kier alpha value is -3.43. The molecule has 1 aromatic carbocycles. The van der Waals surface area contributed by atoms with Gasteiger partial charge in [0, 0.05) is 12.4 Å². The van der Waals surface area contributed by atoms with Crippen LogP contribution in [0.2, 0.25) is 0 Å². The van der Waals surface area contributed by atoms with Crippen LogP contribution in [0.25, 0.3) is 11.3 Å². The maximum absolute atomic E-state index is 13.0. The third kappa shape index (κ3) is 3.21. The lowest BCUT2D eigenvalue weighted by Crippen LogP contribution is -2.15. The number of alkyl halides is 3. The van der Waals surface area contributed by atoms with Crippen molar-refractivity contribution in [3.8, 4) is 5.69 Å². The first-order valence-corrected chi connectivity index (χ1v) is 8.08. The van der Waals surface area contributed by atoms with Crippen molar-refractivity contribution >= 4 is 11.5 Å². The lowest BCUT2D eigenvalue weighted by atomic mass is 10.1. The highest BCUT2D eigenvalue weighted by atomic mass is 19.4. The number of aromatic nitrogens is 6. The predicted molar refractivity (Wildman–Crippen MR) is 91.4 cm³/mol. The minimum absolute atomic E-state index is 0.0254. The van der Waals surface area contributed by atoms with Crippen LogP contribution in [0.3, 0.4) is 0 Å². The Kier molecular flexibility index (Phi) is 4.02. The van der Waals surface area contributed by atoms with Gasteiger partial charge in [0.2, 0.25) is 0 Å². The second-order valence-electron chi connectivity index (χ2n) is 5.89. The molecule has 0 spiro atoms. The molecule has 0 aliphatic rings. The van der Waals surface area contributed by atoms with Crippen molar-refractivity contribution in [2.45, 2.75) is 19.1 Å². The fraction of sp³-hybridized carbons (Fsp3) is 0.176. The molecule has 27 heavy (non-hydrogen) atoms. The van der Waals surface area contributed by atoms with E-state index in [9.17, 15) is 13.2 Å². The smallest absolute Gasteiger partial charge is 0.362 e. The highest BCUT2D eigenvalue weighted by Crippen LogP contribution is 2.28. The number of anilines is 1. The molecule has 4 aromatic rings. The second kappa shape index (κ2) is 6.38. The van der Waals surface area contributed by atoms with E-state index in [-0.39, 0.29) is 17.5 Å². The van der Waals surface area contributed by atoms with Crippen LogP contribution in [0, 0.1) is 0 Å². The number of halogens is 3. The van der Waals surface area contributed by atoms with Gasteiger partial charge in [-0.2, -0.15) is 22.8 Å². The maximum Gasteiger partial charge on any atom is 0.453 e. The van der Waals surface area contributed by atoms with Crippen molar-refractivity contribution in [1.29, 1.82) is 0 Å². The molecule has 0 amide bonds. The molecule has 1 unspecified atom stereocenters. The van der Waals surface area contributed by atoms with E-state index in [2.05, 4.69) is 25.7 Å². The van der Waals surface area contributed by atoms with Gasteiger partial charge in [-0.15, -0.1) is 15.3 Å². The molecule has 0 bridgehead atoms. The number of benzene rings is 1. The molecule has 1 N–H and O–H groups in total. The number of nitrogens with one attached hydrogen (secondary N) is 1. The van der Waals surface area contributed by atoms with Crippen molar-refractivity contribution in [3.63, 3.8) is 0 Å². The van der Waals surface area contributed by atoms with E-state index in [1.165, 1.54) is 6.07 Å². The van der Waals surface area contributed by atoms with Gasteiger partial charge in [0.1, 0.15) is 5.82 Å². The quantitative estimate of drug-likeness (QED) is 0.593. The van der Waals surface area contributed by atoms with E-state index >= 15 is 0 Å². The monoisotopic (exact) mass is 373 g/mol. The number of para-hydroxylation sites is 1. The summed E-state index contributed by atoms with van der Waals surface area (Å²) in [6.45, 7) is 1.89. The zero-order chi connectivity index (χ0) is 19.0. The van der Waals surface area contributed by atoms with Crippen LogP contribution in [-0.2, 0) is 6.18 Å². The molecule has 1 atom stereocenters. The van der Waals surface area contributed by atoms with E-state index < -0.39 is 12.0 Å². The third-order valence-corrected chi connectivity index (χ3v) is 4.04. The topological polar surface area (TPSA) is 72.9 Å². The number of fused-ring (bicyclic) bond motifs is 1. The average Bonchev–Trinajstić information content (AvgIpc) is 3.30. The van der Waals surface area contributed by atoms with Crippen LogP contribution in [0.1, 0.15) is 24.4 Å². The number of hydrogen-bond acceptors (Lipinski definition) is 5. The van der Waals surface area contributed by atoms with E-state index in [1.54, 1.807) is 16.9 Å². The van der Waals surface area contributed by atoms with E-state index in [1.807, 2.05) is 43.5 Å². The standard InChI is InChI=1S/C17H14F3N7/c1-11(12-5-2-3-6-13(12)26-10-4-9-21-26)22-14-7-8-15-23-24-16(17(18,19)20)27(15)25-14/h2-11H,1H3,(H,22,25). The Balaban J connectivity index is 1.67. The lowest BCUT2D eigenvalue weighted by Gasteiger charge is -2.18. The van der Waals surface area contributed by atoms with Crippen LogP contribution in [0.5, 0.6) is 0 Å². The summed E-state index contributed by atoms with van der Waals surface area (Å²) < 4.78 is 41.5.